The molecule has 0 bridgehead atoms. The van der Waals surface area contributed by atoms with Crippen LogP contribution in [-0.2, 0) is 24.3 Å². The van der Waals surface area contributed by atoms with Crippen LogP contribution in [0.15, 0.2) is 54.2 Å². The second kappa shape index (κ2) is 9.28. The van der Waals surface area contributed by atoms with Gasteiger partial charge in [0.05, 0.1) is 12.3 Å². The summed E-state index contributed by atoms with van der Waals surface area (Å²) in [5.41, 5.74) is 5.58. The maximum absolute atomic E-state index is 13.3. The van der Waals surface area contributed by atoms with Gasteiger partial charge in [-0.2, -0.15) is 0 Å². The first-order valence-corrected chi connectivity index (χ1v) is 12.4. The maximum Gasteiger partial charge on any atom is 0.321 e. The molecule has 0 atom stereocenters. The average Bonchev–Trinajstić information content (AvgIpc) is 3.47. The number of carbonyl (C=O) groups excluding carboxylic acids is 1. The number of aromatic nitrogens is 3. The smallest absolute Gasteiger partial charge is 0.321 e. The number of benzene rings is 1. The Morgan fingerprint density at radius 2 is 1.94 bits per heavy atom. The molecule has 0 saturated carbocycles. The summed E-state index contributed by atoms with van der Waals surface area (Å²) >= 11 is 1.66. The van der Waals surface area contributed by atoms with Crippen LogP contribution in [-0.4, -0.2) is 33.1 Å². The lowest BCUT2D eigenvalue weighted by Gasteiger charge is -2.25. The van der Waals surface area contributed by atoms with Crippen LogP contribution in [0, 0.1) is 0 Å². The summed E-state index contributed by atoms with van der Waals surface area (Å²) < 4.78 is 13.7. The standard InChI is InChI=1S/C27H28N4O3S/c1-27(2,3)30-25(32)21-14-20(23-7-5-12-35-23)24-19-15-22(34-26-28-9-6-10-29-26)18(16-33-4)13-17(19)8-11-31(21)24/h5-7,9-10,12-15H,8,11,16H2,1-4H3,(H,30,32). The third-order valence-electron chi connectivity index (χ3n) is 5.79. The van der Waals surface area contributed by atoms with E-state index in [9.17, 15) is 4.79 Å². The Kier molecular flexibility index (Phi) is 6.17. The van der Waals surface area contributed by atoms with Crippen LogP contribution in [0.3, 0.4) is 0 Å². The molecule has 4 heterocycles. The van der Waals surface area contributed by atoms with E-state index in [1.165, 1.54) is 5.56 Å². The van der Waals surface area contributed by atoms with Crippen molar-refractivity contribution in [3.05, 3.63) is 71.0 Å². The van der Waals surface area contributed by atoms with Gasteiger partial charge in [-0.15, -0.1) is 11.3 Å². The molecule has 1 N–H and O–H groups in total. The Morgan fingerprint density at radius 1 is 1.14 bits per heavy atom. The Morgan fingerprint density at radius 3 is 2.63 bits per heavy atom. The highest BCUT2D eigenvalue weighted by atomic mass is 32.1. The number of thiophene rings is 1. The third kappa shape index (κ3) is 4.72. The predicted molar refractivity (Wildman–Crippen MR) is 137 cm³/mol. The fourth-order valence-electron chi connectivity index (χ4n) is 4.42. The molecule has 3 aromatic heterocycles. The minimum Gasteiger partial charge on any atom is -0.424 e. The molecule has 0 spiro atoms. The lowest BCUT2D eigenvalue weighted by molar-refractivity contribution is 0.0910. The summed E-state index contributed by atoms with van der Waals surface area (Å²) in [5, 5.41) is 5.18. The summed E-state index contributed by atoms with van der Waals surface area (Å²) in [6.07, 6.45) is 4.10. The van der Waals surface area contributed by atoms with Crippen LogP contribution in [0.5, 0.6) is 11.8 Å². The molecule has 0 unspecified atom stereocenters. The number of nitrogens with zero attached hydrogens (tertiary/aromatic N) is 3. The molecule has 180 valence electrons. The van der Waals surface area contributed by atoms with Crippen molar-refractivity contribution in [3.8, 4) is 33.5 Å². The number of aryl methyl sites for hydroxylation is 1. The first-order valence-electron chi connectivity index (χ1n) is 11.5. The summed E-state index contributed by atoms with van der Waals surface area (Å²) in [6, 6.07) is 12.3. The first-order chi connectivity index (χ1) is 16.8. The lowest BCUT2D eigenvalue weighted by Crippen LogP contribution is -2.41. The molecular weight excluding hydrogens is 460 g/mol. The number of hydrogen-bond donors (Lipinski definition) is 1. The molecule has 1 aromatic carbocycles. The van der Waals surface area contributed by atoms with E-state index < -0.39 is 0 Å². The highest BCUT2D eigenvalue weighted by Crippen LogP contribution is 2.44. The van der Waals surface area contributed by atoms with Crippen molar-refractivity contribution in [1.82, 2.24) is 19.9 Å². The zero-order valence-corrected chi connectivity index (χ0v) is 21.1. The van der Waals surface area contributed by atoms with Gasteiger partial charge in [0.2, 0.25) is 0 Å². The number of rotatable bonds is 6. The molecule has 35 heavy (non-hydrogen) atoms. The van der Waals surface area contributed by atoms with Gasteiger partial charge in [0.15, 0.2) is 0 Å². The number of nitrogens with one attached hydrogen (secondary N) is 1. The number of ether oxygens (including phenoxy) is 2. The zero-order valence-electron chi connectivity index (χ0n) is 20.3. The molecule has 0 aliphatic carbocycles. The normalized spacial score (nSPS) is 12.7. The van der Waals surface area contributed by atoms with E-state index in [1.807, 2.05) is 39.0 Å². The summed E-state index contributed by atoms with van der Waals surface area (Å²) in [5.74, 6) is 0.569. The second-order valence-electron chi connectivity index (χ2n) is 9.56. The van der Waals surface area contributed by atoms with Gasteiger partial charge >= 0.3 is 6.01 Å². The molecule has 1 amide bonds. The van der Waals surface area contributed by atoms with E-state index in [2.05, 4.69) is 37.4 Å². The van der Waals surface area contributed by atoms with Crippen LogP contribution in [0.25, 0.3) is 21.7 Å². The predicted octanol–water partition coefficient (Wildman–Crippen LogP) is 5.70. The zero-order chi connectivity index (χ0) is 24.6. The van der Waals surface area contributed by atoms with Gasteiger partial charge in [0.1, 0.15) is 11.4 Å². The second-order valence-corrected chi connectivity index (χ2v) is 10.5. The van der Waals surface area contributed by atoms with Crippen molar-refractivity contribution in [2.45, 2.75) is 45.9 Å². The van der Waals surface area contributed by atoms with E-state index in [1.54, 1.807) is 36.9 Å². The number of fused-ring (bicyclic) bond motifs is 3. The maximum atomic E-state index is 13.3. The molecule has 4 aromatic rings. The fourth-order valence-corrected chi connectivity index (χ4v) is 5.16. The Hall–Kier alpha value is -3.49. The minimum atomic E-state index is -0.330. The number of carbonyl (C=O) groups is 1. The highest BCUT2D eigenvalue weighted by molar-refractivity contribution is 7.13. The molecule has 0 saturated heterocycles. The van der Waals surface area contributed by atoms with Crippen molar-refractivity contribution in [2.24, 2.45) is 0 Å². The largest absolute Gasteiger partial charge is 0.424 e. The van der Waals surface area contributed by atoms with Gasteiger partial charge in [0, 0.05) is 53.2 Å². The van der Waals surface area contributed by atoms with Crippen LogP contribution in [0.2, 0.25) is 0 Å². The lowest BCUT2D eigenvalue weighted by atomic mass is 9.93. The quantitative estimate of drug-likeness (QED) is 0.377. The van der Waals surface area contributed by atoms with E-state index >= 15 is 0 Å². The van der Waals surface area contributed by atoms with Crippen molar-refractivity contribution < 1.29 is 14.3 Å². The Labute approximate surface area is 208 Å². The van der Waals surface area contributed by atoms with Crippen LogP contribution >= 0.6 is 11.3 Å². The van der Waals surface area contributed by atoms with Gasteiger partial charge in [0.25, 0.3) is 5.91 Å². The van der Waals surface area contributed by atoms with E-state index in [0.717, 1.165) is 40.2 Å². The minimum absolute atomic E-state index is 0.0739. The first kappa shape index (κ1) is 23.3. The number of amides is 1. The van der Waals surface area contributed by atoms with Gasteiger partial charge in [-0.3, -0.25) is 4.79 Å². The molecule has 8 heteroatoms. The van der Waals surface area contributed by atoms with Gasteiger partial charge in [-0.05, 0) is 68.5 Å². The van der Waals surface area contributed by atoms with Crippen LogP contribution < -0.4 is 10.1 Å². The van der Waals surface area contributed by atoms with Gasteiger partial charge < -0.3 is 19.4 Å². The molecule has 7 nitrogen and oxygen atoms in total. The van der Waals surface area contributed by atoms with Crippen molar-refractivity contribution >= 4 is 17.2 Å². The fraction of sp³-hybridized carbons (Fsp3) is 0.296. The molecular formula is C27H28N4O3S. The van der Waals surface area contributed by atoms with Crippen molar-refractivity contribution in [2.75, 3.05) is 7.11 Å². The molecule has 0 fully saturated rings. The number of hydrogen-bond acceptors (Lipinski definition) is 6. The molecule has 1 aliphatic rings. The van der Waals surface area contributed by atoms with Crippen LogP contribution in [0.1, 0.15) is 42.4 Å². The third-order valence-corrected chi connectivity index (χ3v) is 6.70. The summed E-state index contributed by atoms with van der Waals surface area (Å²) in [6.45, 7) is 7.11. The van der Waals surface area contributed by atoms with Crippen molar-refractivity contribution in [3.63, 3.8) is 0 Å². The Balaban J connectivity index is 1.68. The average molecular weight is 489 g/mol. The summed E-state index contributed by atoms with van der Waals surface area (Å²) in [4.78, 5) is 22.8. The van der Waals surface area contributed by atoms with Crippen LogP contribution in [0.4, 0.5) is 0 Å². The molecule has 5 rings (SSSR count). The van der Waals surface area contributed by atoms with E-state index in [0.29, 0.717) is 18.1 Å². The van der Waals surface area contributed by atoms with E-state index in [4.69, 9.17) is 9.47 Å². The molecule has 1 aliphatic heterocycles. The van der Waals surface area contributed by atoms with Gasteiger partial charge in [-0.1, -0.05) is 6.07 Å². The molecule has 0 radical (unpaired) electrons. The topological polar surface area (TPSA) is 78.3 Å². The summed E-state index contributed by atoms with van der Waals surface area (Å²) in [7, 11) is 1.67. The van der Waals surface area contributed by atoms with Crippen molar-refractivity contribution in [1.29, 1.82) is 0 Å². The SMILES string of the molecule is COCc1cc2c(cc1Oc1ncccn1)-c1c(-c3cccs3)cc(C(=O)NC(C)(C)C)n1CC2. The Bertz CT molecular complexity index is 1360. The monoisotopic (exact) mass is 488 g/mol. The van der Waals surface area contributed by atoms with Gasteiger partial charge in [-0.25, -0.2) is 9.97 Å². The number of methoxy groups -OCH3 is 1. The van der Waals surface area contributed by atoms with E-state index in [-0.39, 0.29) is 17.5 Å². The highest BCUT2D eigenvalue weighted by Gasteiger charge is 2.29.